The van der Waals surface area contributed by atoms with Crippen LogP contribution in [-0.2, 0) is 14.4 Å². The molecule has 2 aromatic carbocycles. The van der Waals surface area contributed by atoms with E-state index in [0.717, 1.165) is 17.5 Å². The van der Waals surface area contributed by atoms with E-state index in [1.54, 1.807) is 4.90 Å². The lowest BCUT2D eigenvalue weighted by Crippen LogP contribution is -2.63. The molecule has 6 N–H and O–H groups in total. The van der Waals surface area contributed by atoms with Gasteiger partial charge < -0.3 is 27.0 Å². The zero-order valence-electron chi connectivity index (χ0n) is 20.8. The molecule has 8 heteroatoms. The predicted molar refractivity (Wildman–Crippen MR) is 139 cm³/mol. The lowest BCUT2D eigenvalue weighted by molar-refractivity contribution is -0.149. The Balaban J connectivity index is 1.56. The summed E-state index contributed by atoms with van der Waals surface area (Å²) in [5, 5.41) is 6.08. The van der Waals surface area contributed by atoms with Gasteiger partial charge in [-0.1, -0.05) is 67.6 Å². The average molecular weight is 492 g/mol. The number of carbonyl (C=O) groups excluding carboxylic acids is 3. The number of hydrogen-bond donors (Lipinski definition) is 4. The van der Waals surface area contributed by atoms with Crippen LogP contribution in [0.25, 0.3) is 0 Å². The number of amides is 3. The zero-order valence-corrected chi connectivity index (χ0v) is 20.8. The standard InChI is InChI=1S/C28H37N5O3/c1-2-22(30)26(34)32-25-20(15-16-29)17-21-13-14-23(33(21)28(25)36)27(35)31-24(18-9-5-3-6-10-18)19-11-7-4-8-12-19/h3-12,20-25H,2,13-17,29-30H2,1H3,(H,31,35)(H,32,34)/t20-,21?,22-,23-,25-/m0/s1. The summed E-state index contributed by atoms with van der Waals surface area (Å²) < 4.78 is 0. The van der Waals surface area contributed by atoms with E-state index in [2.05, 4.69) is 10.6 Å². The van der Waals surface area contributed by atoms with Gasteiger partial charge in [0.2, 0.25) is 17.7 Å². The van der Waals surface area contributed by atoms with Crippen molar-refractivity contribution in [1.82, 2.24) is 15.5 Å². The highest BCUT2D eigenvalue weighted by Crippen LogP contribution is 2.37. The lowest BCUT2D eigenvalue weighted by Gasteiger charge is -2.42. The van der Waals surface area contributed by atoms with Crippen molar-refractivity contribution in [2.75, 3.05) is 6.54 Å². The number of nitrogens with one attached hydrogen (secondary N) is 2. The number of benzene rings is 2. The second-order valence-corrected chi connectivity index (χ2v) is 9.83. The zero-order chi connectivity index (χ0) is 25.7. The first-order chi connectivity index (χ1) is 17.4. The quantitative estimate of drug-likeness (QED) is 0.425. The van der Waals surface area contributed by atoms with Gasteiger partial charge in [0.1, 0.15) is 12.1 Å². The van der Waals surface area contributed by atoms with Crippen molar-refractivity contribution in [2.45, 2.75) is 69.2 Å². The number of piperidine rings is 1. The van der Waals surface area contributed by atoms with Crippen LogP contribution in [0.4, 0.5) is 0 Å². The molecule has 8 nitrogen and oxygen atoms in total. The molecule has 0 radical (unpaired) electrons. The molecule has 0 aliphatic carbocycles. The van der Waals surface area contributed by atoms with Gasteiger partial charge in [0, 0.05) is 6.04 Å². The van der Waals surface area contributed by atoms with Gasteiger partial charge in [-0.05, 0) is 55.7 Å². The maximum atomic E-state index is 13.7. The van der Waals surface area contributed by atoms with Crippen LogP contribution in [0.3, 0.4) is 0 Å². The monoisotopic (exact) mass is 491 g/mol. The van der Waals surface area contributed by atoms with E-state index in [0.29, 0.717) is 32.2 Å². The summed E-state index contributed by atoms with van der Waals surface area (Å²) >= 11 is 0. The summed E-state index contributed by atoms with van der Waals surface area (Å²) in [6, 6.07) is 17.3. The molecule has 192 valence electrons. The van der Waals surface area contributed by atoms with Crippen molar-refractivity contribution in [3.05, 3.63) is 71.8 Å². The number of carbonyl (C=O) groups is 3. The van der Waals surface area contributed by atoms with Crippen molar-refractivity contribution in [1.29, 1.82) is 0 Å². The van der Waals surface area contributed by atoms with Crippen LogP contribution in [0, 0.1) is 5.92 Å². The molecule has 0 aromatic heterocycles. The molecule has 0 bridgehead atoms. The van der Waals surface area contributed by atoms with Crippen molar-refractivity contribution in [2.24, 2.45) is 17.4 Å². The summed E-state index contributed by atoms with van der Waals surface area (Å²) in [5.74, 6) is -0.809. The second-order valence-electron chi connectivity index (χ2n) is 9.83. The van der Waals surface area contributed by atoms with Gasteiger partial charge in [-0.3, -0.25) is 14.4 Å². The van der Waals surface area contributed by atoms with Crippen LogP contribution in [0.5, 0.6) is 0 Å². The van der Waals surface area contributed by atoms with Gasteiger partial charge in [-0.15, -0.1) is 0 Å². The molecule has 0 spiro atoms. The largest absolute Gasteiger partial charge is 0.343 e. The fourth-order valence-electron chi connectivity index (χ4n) is 5.57. The fourth-order valence-corrected chi connectivity index (χ4v) is 5.57. The van der Waals surface area contributed by atoms with E-state index >= 15 is 0 Å². The molecule has 0 saturated carbocycles. The molecular weight excluding hydrogens is 454 g/mol. The van der Waals surface area contributed by atoms with Crippen molar-refractivity contribution >= 4 is 17.7 Å². The average Bonchev–Trinajstić information content (AvgIpc) is 3.34. The van der Waals surface area contributed by atoms with Crippen molar-refractivity contribution in [3.63, 3.8) is 0 Å². The van der Waals surface area contributed by atoms with Gasteiger partial charge in [-0.25, -0.2) is 0 Å². The molecule has 2 heterocycles. The Hall–Kier alpha value is -3.23. The molecule has 4 rings (SSSR count). The van der Waals surface area contributed by atoms with E-state index in [-0.39, 0.29) is 35.7 Å². The first-order valence-electron chi connectivity index (χ1n) is 12.9. The fraction of sp³-hybridized carbons (Fsp3) is 0.464. The molecule has 36 heavy (non-hydrogen) atoms. The van der Waals surface area contributed by atoms with Crippen LogP contribution < -0.4 is 22.1 Å². The Morgan fingerprint density at radius 3 is 2.19 bits per heavy atom. The Morgan fingerprint density at radius 1 is 1.03 bits per heavy atom. The van der Waals surface area contributed by atoms with Gasteiger partial charge in [0.15, 0.2) is 0 Å². The highest BCUT2D eigenvalue weighted by atomic mass is 16.2. The maximum Gasteiger partial charge on any atom is 0.246 e. The van der Waals surface area contributed by atoms with Crippen LogP contribution in [0.2, 0.25) is 0 Å². The van der Waals surface area contributed by atoms with E-state index in [9.17, 15) is 14.4 Å². The predicted octanol–water partition coefficient (Wildman–Crippen LogP) is 1.84. The molecule has 5 atom stereocenters. The van der Waals surface area contributed by atoms with Crippen LogP contribution >= 0.6 is 0 Å². The van der Waals surface area contributed by atoms with Crippen LogP contribution in [0.15, 0.2) is 60.7 Å². The number of nitrogens with two attached hydrogens (primary N) is 2. The maximum absolute atomic E-state index is 13.7. The molecule has 2 fully saturated rings. The van der Waals surface area contributed by atoms with Crippen molar-refractivity contribution in [3.8, 4) is 0 Å². The molecule has 1 unspecified atom stereocenters. The molecular formula is C28H37N5O3. The summed E-state index contributed by atoms with van der Waals surface area (Å²) in [6.45, 7) is 2.26. The van der Waals surface area contributed by atoms with Gasteiger partial charge in [-0.2, -0.15) is 0 Å². The van der Waals surface area contributed by atoms with Crippen molar-refractivity contribution < 1.29 is 14.4 Å². The summed E-state index contributed by atoms with van der Waals surface area (Å²) in [7, 11) is 0. The first-order valence-corrected chi connectivity index (χ1v) is 12.9. The first kappa shape index (κ1) is 25.9. The minimum Gasteiger partial charge on any atom is -0.343 e. The third-order valence-corrected chi connectivity index (χ3v) is 7.54. The molecule has 2 aromatic rings. The number of fused-ring (bicyclic) bond motifs is 1. The molecule has 3 amide bonds. The summed E-state index contributed by atoms with van der Waals surface area (Å²) in [6.07, 6.45) is 3.15. The summed E-state index contributed by atoms with van der Waals surface area (Å²) in [5.41, 5.74) is 13.7. The topological polar surface area (TPSA) is 131 Å². The van der Waals surface area contributed by atoms with E-state index < -0.39 is 18.1 Å². The smallest absolute Gasteiger partial charge is 0.246 e. The highest BCUT2D eigenvalue weighted by molar-refractivity contribution is 5.94. The number of rotatable bonds is 9. The Kier molecular flexibility index (Phi) is 8.38. The minimum absolute atomic E-state index is 0.0373. The SMILES string of the molecule is CC[C@H](N)C(=O)N[C@@H]1C(=O)N2C(CC[C@H]2C(=O)NC(c2ccccc2)c2ccccc2)C[C@@H]1CCN. The Labute approximate surface area is 212 Å². The molecule has 2 saturated heterocycles. The van der Waals surface area contributed by atoms with E-state index in [1.807, 2.05) is 67.6 Å². The minimum atomic E-state index is -0.720. The van der Waals surface area contributed by atoms with Gasteiger partial charge in [0.05, 0.1) is 12.1 Å². The Bertz CT molecular complexity index is 1010. The summed E-state index contributed by atoms with van der Waals surface area (Å²) in [4.78, 5) is 41.7. The number of nitrogens with zero attached hydrogens (tertiary/aromatic N) is 1. The second kappa shape index (κ2) is 11.7. The lowest BCUT2D eigenvalue weighted by atomic mass is 9.83. The third kappa shape index (κ3) is 5.44. The molecule has 2 aliphatic heterocycles. The number of hydrogen-bond acceptors (Lipinski definition) is 5. The van der Waals surface area contributed by atoms with Gasteiger partial charge >= 0.3 is 0 Å². The van der Waals surface area contributed by atoms with E-state index in [1.165, 1.54) is 0 Å². The van der Waals surface area contributed by atoms with E-state index in [4.69, 9.17) is 11.5 Å². The van der Waals surface area contributed by atoms with Gasteiger partial charge in [0.25, 0.3) is 0 Å². The van der Waals surface area contributed by atoms with Crippen LogP contribution in [-0.4, -0.2) is 53.3 Å². The third-order valence-electron chi connectivity index (χ3n) is 7.54. The Morgan fingerprint density at radius 2 is 1.64 bits per heavy atom. The normalized spacial score (nSPS) is 24.3. The molecule has 2 aliphatic rings. The highest BCUT2D eigenvalue weighted by Gasteiger charge is 2.50. The van der Waals surface area contributed by atoms with Crippen LogP contribution in [0.1, 0.15) is 56.2 Å².